The van der Waals surface area contributed by atoms with Crippen molar-refractivity contribution in [2.24, 2.45) is 0 Å². The number of ether oxygens (including phenoxy) is 1. The molecule has 1 aliphatic heterocycles. The predicted octanol–water partition coefficient (Wildman–Crippen LogP) is 5.15. The Labute approximate surface area is 195 Å². The van der Waals surface area contributed by atoms with Crippen LogP contribution in [0.1, 0.15) is 15.9 Å². The molecule has 0 radical (unpaired) electrons. The smallest absolute Gasteiger partial charge is 0.190 e. The zero-order chi connectivity index (χ0) is 24.7. The molecule has 3 N–H and O–H groups in total. The van der Waals surface area contributed by atoms with Gasteiger partial charge in [0.15, 0.2) is 34.7 Å². The van der Waals surface area contributed by atoms with E-state index in [1.807, 2.05) is 0 Å². The first-order valence-corrected chi connectivity index (χ1v) is 10.3. The highest BCUT2D eigenvalue weighted by molar-refractivity contribution is 6.06. The van der Waals surface area contributed by atoms with Gasteiger partial charge in [-0.25, -0.2) is 17.9 Å². The molecule has 0 saturated heterocycles. The summed E-state index contributed by atoms with van der Waals surface area (Å²) in [5.74, 6) is -4.10. The number of nitrogen functional groups attached to an aromatic ring is 1. The van der Waals surface area contributed by atoms with Crippen LogP contribution in [0.3, 0.4) is 0 Å². The van der Waals surface area contributed by atoms with E-state index in [0.29, 0.717) is 11.3 Å². The number of nitrogens with two attached hydrogens (primary N) is 1. The summed E-state index contributed by atoms with van der Waals surface area (Å²) in [5, 5.41) is 6.90. The van der Waals surface area contributed by atoms with Gasteiger partial charge in [-0.3, -0.25) is 9.74 Å². The monoisotopic (exact) mass is 484 g/mol. The standard InChI is InChI=1S/C24H16F4N4O3/c25-16-3-1-2-4-21(16)34-14-9-17(26)22(18(27)10-14)32-24(29)15(11-30-32)23(33)20-8-12-7-13(35-28)5-6-19(12)31-20/h1-7,9-11,20,31H,8,29H2. The van der Waals surface area contributed by atoms with Crippen molar-refractivity contribution in [1.82, 2.24) is 9.78 Å². The molecular weight excluding hydrogens is 468 g/mol. The van der Waals surface area contributed by atoms with E-state index >= 15 is 0 Å². The number of nitrogens with one attached hydrogen (secondary N) is 1. The first kappa shape index (κ1) is 22.3. The predicted molar refractivity (Wildman–Crippen MR) is 118 cm³/mol. The van der Waals surface area contributed by atoms with Crippen LogP contribution >= 0.6 is 0 Å². The molecule has 178 valence electrons. The fraction of sp³-hybridized carbons (Fsp3) is 0.0833. The van der Waals surface area contributed by atoms with E-state index in [2.05, 4.69) is 15.4 Å². The summed E-state index contributed by atoms with van der Waals surface area (Å²) in [7, 11) is 0. The van der Waals surface area contributed by atoms with Gasteiger partial charge in [-0.2, -0.15) is 5.10 Å². The molecule has 1 aliphatic rings. The third-order valence-electron chi connectivity index (χ3n) is 5.57. The van der Waals surface area contributed by atoms with Crippen molar-refractivity contribution in [3.8, 4) is 22.9 Å². The molecule has 1 atom stereocenters. The lowest BCUT2D eigenvalue weighted by Gasteiger charge is -2.12. The number of rotatable bonds is 6. The minimum absolute atomic E-state index is 0.000591. The molecule has 0 fully saturated rings. The quantitative estimate of drug-likeness (QED) is 0.291. The lowest BCUT2D eigenvalue weighted by atomic mass is 10.0. The number of hydrogen-bond donors (Lipinski definition) is 2. The fourth-order valence-electron chi connectivity index (χ4n) is 3.92. The minimum Gasteiger partial charge on any atom is -0.454 e. The van der Waals surface area contributed by atoms with Crippen LogP contribution in [-0.2, 0) is 6.42 Å². The molecule has 5 rings (SSSR count). The van der Waals surface area contributed by atoms with Crippen LogP contribution in [0.4, 0.5) is 29.2 Å². The molecular formula is C24H16F4N4O3. The summed E-state index contributed by atoms with van der Waals surface area (Å²) >= 11 is 0. The fourth-order valence-corrected chi connectivity index (χ4v) is 3.92. The molecule has 7 nitrogen and oxygen atoms in total. The number of nitrogens with zero attached hydrogens (tertiary/aromatic N) is 2. The number of hydrogen-bond acceptors (Lipinski definition) is 6. The zero-order valence-corrected chi connectivity index (χ0v) is 17.8. The van der Waals surface area contributed by atoms with E-state index in [-0.39, 0.29) is 35.1 Å². The van der Waals surface area contributed by atoms with Crippen molar-refractivity contribution >= 4 is 17.3 Å². The average molecular weight is 484 g/mol. The van der Waals surface area contributed by atoms with Gasteiger partial charge in [-0.15, -0.1) is 0 Å². The summed E-state index contributed by atoms with van der Waals surface area (Å²) in [6, 6.07) is 10.8. The summed E-state index contributed by atoms with van der Waals surface area (Å²) in [5.41, 5.74) is 6.64. The summed E-state index contributed by atoms with van der Waals surface area (Å²) in [4.78, 5) is 16.8. The van der Waals surface area contributed by atoms with E-state index in [9.17, 15) is 22.5 Å². The van der Waals surface area contributed by atoms with Gasteiger partial charge in [0, 0.05) is 28.8 Å². The van der Waals surface area contributed by atoms with Crippen molar-refractivity contribution in [3.63, 3.8) is 0 Å². The van der Waals surface area contributed by atoms with Crippen molar-refractivity contribution in [1.29, 1.82) is 0 Å². The number of carbonyl (C=O) groups is 1. The van der Waals surface area contributed by atoms with Crippen LogP contribution in [0.15, 0.2) is 60.8 Å². The number of benzene rings is 3. The molecule has 1 unspecified atom stereocenters. The van der Waals surface area contributed by atoms with Gasteiger partial charge < -0.3 is 15.8 Å². The summed E-state index contributed by atoms with van der Waals surface area (Å²) in [6.07, 6.45) is 1.34. The Morgan fingerprint density at radius 1 is 1.03 bits per heavy atom. The molecule has 35 heavy (non-hydrogen) atoms. The number of ketones is 1. The van der Waals surface area contributed by atoms with Gasteiger partial charge in [0.05, 0.1) is 17.8 Å². The molecule has 0 amide bonds. The maximum Gasteiger partial charge on any atom is 0.190 e. The SMILES string of the molecule is Nc1c(C(=O)C2Cc3cc(OF)ccc3N2)cnn1-c1c(F)cc(Oc2ccccc2F)cc1F. The Balaban J connectivity index is 1.40. The second kappa shape index (κ2) is 8.67. The zero-order valence-electron chi connectivity index (χ0n) is 17.8. The lowest BCUT2D eigenvalue weighted by Crippen LogP contribution is -2.27. The molecule has 0 spiro atoms. The number of fused-ring (bicyclic) bond motifs is 1. The Kier molecular flexibility index (Phi) is 5.51. The van der Waals surface area contributed by atoms with E-state index in [4.69, 9.17) is 10.5 Å². The highest BCUT2D eigenvalue weighted by atomic mass is 19.3. The van der Waals surface area contributed by atoms with Gasteiger partial charge in [-0.1, -0.05) is 12.1 Å². The highest BCUT2D eigenvalue weighted by Crippen LogP contribution is 2.33. The normalized spacial score (nSPS) is 14.3. The first-order chi connectivity index (χ1) is 16.9. The van der Waals surface area contributed by atoms with Crippen LogP contribution < -0.4 is 20.7 Å². The van der Waals surface area contributed by atoms with Crippen LogP contribution in [0.2, 0.25) is 0 Å². The highest BCUT2D eigenvalue weighted by Gasteiger charge is 2.31. The van der Waals surface area contributed by atoms with Crippen LogP contribution in [0.25, 0.3) is 5.69 Å². The summed E-state index contributed by atoms with van der Waals surface area (Å²) < 4.78 is 62.0. The van der Waals surface area contributed by atoms with Gasteiger partial charge in [0.1, 0.15) is 17.3 Å². The molecule has 0 saturated carbocycles. The second-order valence-electron chi connectivity index (χ2n) is 7.78. The molecule has 1 aromatic heterocycles. The van der Waals surface area contributed by atoms with Gasteiger partial charge in [0.25, 0.3) is 0 Å². The van der Waals surface area contributed by atoms with Crippen molar-refractivity contribution in [3.05, 3.63) is 89.4 Å². The number of aromatic nitrogens is 2. The Morgan fingerprint density at radius 2 is 1.77 bits per heavy atom. The largest absolute Gasteiger partial charge is 0.454 e. The van der Waals surface area contributed by atoms with Crippen LogP contribution in [0.5, 0.6) is 17.2 Å². The third kappa shape index (κ3) is 4.01. The van der Waals surface area contributed by atoms with Gasteiger partial charge >= 0.3 is 0 Å². The molecule has 3 aromatic carbocycles. The van der Waals surface area contributed by atoms with Crippen molar-refractivity contribution < 1.29 is 32.2 Å². The van der Waals surface area contributed by atoms with E-state index in [0.717, 1.165) is 29.1 Å². The average Bonchev–Trinajstić information content (AvgIpc) is 3.43. The maximum absolute atomic E-state index is 14.9. The van der Waals surface area contributed by atoms with Crippen LogP contribution in [-0.4, -0.2) is 21.6 Å². The number of carbonyl (C=O) groups excluding carboxylic acids is 1. The Morgan fingerprint density at radius 3 is 2.49 bits per heavy atom. The van der Waals surface area contributed by atoms with Crippen molar-refractivity contribution in [2.45, 2.75) is 12.5 Å². The molecule has 0 aliphatic carbocycles. The molecule has 2 heterocycles. The minimum atomic E-state index is -1.09. The van der Waals surface area contributed by atoms with E-state index < -0.39 is 35.0 Å². The number of para-hydroxylation sites is 1. The topological polar surface area (TPSA) is 91.4 Å². The molecule has 11 heteroatoms. The molecule has 4 aromatic rings. The van der Waals surface area contributed by atoms with E-state index in [1.165, 1.54) is 30.3 Å². The Hall–Kier alpha value is -4.54. The Bertz CT molecular complexity index is 1430. The first-order valence-electron chi connectivity index (χ1n) is 10.3. The second-order valence-corrected chi connectivity index (χ2v) is 7.78. The third-order valence-corrected chi connectivity index (χ3v) is 5.57. The number of halogens is 4. The summed E-state index contributed by atoms with van der Waals surface area (Å²) in [6.45, 7) is 0. The van der Waals surface area contributed by atoms with Gasteiger partial charge in [0.2, 0.25) is 0 Å². The van der Waals surface area contributed by atoms with Crippen molar-refractivity contribution in [2.75, 3.05) is 11.1 Å². The maximum atomic E-state index is 14.9. The number of anilines is 2. The molecule has 0 bridgehead atoms. The number of Topliss-reactive ketones (excluding diaryl/α,β-unsaturated/α-hetero) is 1. The van der Waals surface area contributed by atoms with Crippen LogP contribution in [0, 0.1) is 17.5 Å². The van der Waals surface area contributed by atoms with Gasteiger partial charge in [-0.05, 0) is 35.9 Å². The lowest BCUT2D eigenvalue weighted by molar-refractivity contribution is -0.00625. The van der Waals surface area contributed by atoms with E-state index in [1.54, 1.807) is 6.07 Å².